The van der Waals surface area contributed by atoms with Crippen molar-refractivity contribution in [3.05, 3.63) is 42.6 Å². The molecule has 0 fully saturated rings. The number of pyridine rings is 1. The standard InChI is InChI=1S/C16H21N5O3/c1-16(2,3)24-15(23)20-7-6-19-14(22)12-4-5-18-13(10-12)21-9-8-17-11-21/h4-5,8-11H,6-7H2,1-3H3,(H,19,22)(H,20,23). The second-order valence-corrected chi connectivity index (χ2v) is 6.06. The van der Waals surface area contributed by atoms with Gasteiger partial charge in [-0.15, -0.1) is 0 Å². The maximum atomic E-state index is 12.1. The molecule has 2 N–H and O–H groups in total. The number of imidazole rings is 1. The summed E-state index contributed by atoms with van der Waals surface area (Å²) in [4.78, 5) is 31.8. The van der Waals surface area contributed by atoms with E-state index in [4.69, 9.17) is 4.74 Å². The van der Waals surface area contributed by atoms with E-state index in [0.29, 0.717) is 17.9 Å². The molecule has 0 saturated heterocycles. The quantitative estimate of drug-likeness (QED) is 0.810. The van der Waals surface area contributed by atoms with Crippen molar-refractivity contribution in [2.45, 2.75) is 26.4 Å². The Morgan fingerprint density at radius 1 is 1.21 bits per heavy atom. The Morgan fingerprint density at radius 3 is 2.62 bits per heavy atom. The molecule has 0 radical (unpaired) electrons. The largest absolute Gasteiger partial charge is 0.444 e. The highest BCUT2D eigenvalue weighted by Crippen LogP contribution is 2.07. The first-order valence-corrected chi connectivity index (χ1v) is 7.54. The lowest BCUT2D eigenvalue weighted by Gasteiger charge is -2.19. The molecular formula is C16H21N5O3. The number of alkyl carbamates (subject to hydrolysis) is 1. The van der Waals surface area contributed by atoms with E-state index in [9.17, 15) is 9.59 Å². The molecule has 2 rings (SSSR count). The minimum Gasteiger partial charge on any atom is -0.444 e. The van der Waals surface area contributed by atoms with Gasteiger partial charge in [0.15, 0.2) is 0 Å². The normalized spacial score (nSPS) is 11.0. The first-order chi connectivity index (χ1) is 11.3. The third-order valence-electron chi connectivity index (χ3n) is 2.86. The van der Waals surface area contributed by atoms with Crippen LogP contribution < -0.4 is 10.6 Å². The molecular weight excluding hydrogens is 310 g/mol. The first-order valence-electron chi connectivity index (χ1n) is 7.54. The van der Waals surface area contributed by atoms with Gasteiger partial charge in [0.05, 0.1) is 0 Å². The van der Waals surface area contributed by atoms with Crippen LogP contribution in [0.15, 0.2) is 37.1 Å². The minimum atomic E-state index is -0.548. The fourth-order valence-corrected chi connectivity index (χ4v) is 1.85. The number of amides is 2. The van der Waals surface area contributed by atoms with Gasteiger partial charge in [-0.25, -0.2) is 14.8 Å². The predicted molar refractivity (Wildman–Crippen MR) is 87.9 cm³/mol. The van der Waals surface area contributed by atoms with Crippen LogP contribution in [-0.2, 0) is 4.74 Å². The predicted octanol–water partition coefficient (Wildman–Crippen LogP) is 1.52. The van der Waals surface area contributed by atoms with Gasteiger partial charge in [-0.05, 0) is 32.9 Å². The number of aromatic nitrogens is 3. The highest BCUT2D eigenvalue weighted by Gasteiger charge is 2.15. The lowest BCUT2D eigenvalue weighted by atomic mass is 10.2. The van der Waals surface area contributed by atoms with Crippen molar-refractivity contribution < 1.29 is 14.3 Å². The van der Waals surface area contributed by atoms with Crippen molar-refractivity contribution in [1.29, 1.82) is 0 Å². The maximum absolute atomic E-state index is 12.1. The zero-order valence-electron chi connectivity index (χ0n) is 13.9. The molecule has 2 aromatic rings. The molecule has 0 unspecified atom stereocenters. The number of carbonyl (C=O) groups is 2. The molecule has 0 aromatic carbocycles. The Labute approximate surface area is 140 Å². The Balaban J connectivity index is 1.81. The van der Waals surface area contributed by atoms with Gasteiger partial charge in [0.2, 0.25) is 0 Å². The molecule has 8 heteroatoms. The average Bonchev–Trinajstić information content (AvgIpc) is 3.04. The SMILES string of the molecule is CC(C)(C)OC(=O)NCCNC(=O)c1ccnc(-n2ccnc2)c1. The van der Waals surface area contributed by atoms with E-state index in [2.05, 4.69) is 20.6 Å². The summed E-state index contributed by atoms with van der Waals surface area (Å²) in [5.74, 6) is 0.358. The van der Waals surface area contributed by atoms with Gasteiger partial charge in [-0.1, -0.05) is 0 Å². The third-order valence-corrected chi connectivity index (χ3v) is 2.86. The lowest BCUT2D eigenvalue weighted by Crippen LogP contribution is -2.37. The summed E-state index contributed by atoms with van der Waals surface area (Å²) in [5.41, 5.74) is -0.0698. The average molecular weight is 331 g/mol. The molecule has 0 aliphatic carbocycles. The van der Waals surface area contributed by atoms with Crippen molar-refractivity contribution in [2.75, 3.05) is 13.1 Å². The zero-order chi connectivity index (χ0) is 17.6. The summed E-state index contributed by atoms with van der Waals surface area (Å²) in [7, 11) is 0. The Hall–Kier alpha value is -2.90. The molecule has 2 amide bonds. The minimum absolute atomic E-state index is 0.246. The third kappa shape index (κ3) is 5.38. The van der Waals surface area contributed by atoms with E-state index in [1.54, 1.807) is 62.4 Å². The Bertz CT molecular complexity index is 692. The molecule has 2 heterocycles. The fraction of sp³-hybridized carbons (Fsp3) is 0.375. The molecule has 8 nitrogen and oxygen atoms in total. The fourth-order valence-electron chi connectivity index (χ4n) is 1.85. The lowest BCUT2D eigenvalue weighted by molar-refractivity contribution is 0.0526. The van der Waals surface area contributed by atoms with Crippen LogP contribution in [0, 0.1) is 0 Å². The molecule has 0 aliphatic rings. The number of nitrogens with zero attached hydrogens (tertiary/aromatic N) is 3. The molecule has 0 aliphatic heterocycles. The monoisotopic (exact) mass is 331 g/mol. The number of nitrogens with one attached hydrogen (secondary N) is 2. The molecule has 2 aromatic heterocycles. The molecule has 128 valence electrons. The molecule has 24 heavy (non-hydrogen) atoms. The van der Waals surface area contributed by atoms with Gasteiger partial charge < -0.3 is 15.4 Å². The van der Waals surface area contributed by atoms with E-state index >= 15 is 0 Å². The zero-order valence-corrected chi connectivity index (χ0v) is 13.9. The van der Waals surface area contributed by atoms with Crippen molar-refractivity contribution in [1.82, 2.24) is 25.2 Å². The van der Waals surface area contributed by atoms with E-state index < -0.39 is 11.7 Å². The first kappa shape index (κ1) is 17.5. The van der Waals surface area contributed by atoms with Crippen LogP contribution in [0.1, 0.15) is 31.1 Å². The van der Waals surface area contributed by atoms with Gasteiger partial charge in [0.25, 0.3) is 5.91 Å². The summed E-state index contributed by atoms with van der Waals surface area (Å²) in [6, 6.07) is 3.29. The Morgan fingerprint density at radius 2 is 1.96 bits per heavy atom. The van der Waals surface area contributed by atoms with Crippen LogP contribution in [0.4, 0.5) is 4.79 Å². The van der Waals surface area contributed by atoms with E-state index in [1.165, 1.54) is 0 Å². The van der Waals surface area contributed by atoms with Crippen LogP contribution in [0.5, 0.6) is 0 Å². The number of hydrogen-bond donors (Lipinski definition) is 2. The second kappa shape index (κ2) is 7.58. The van der Waals surface area contributed by atoms with Gasteiger partial charge in [-0.3, -0.25) is 9.36 Å². The van der Waals surface area contributed by atoms with Gasteiger partial charge in [-0.2, -0.15) is 0 Å². The van der Waals surface area contributed by atoms with Crippen molar-refractivity contribution in [3.63, 3.8) is 0 Å². The number of carbonyl (C=O) groups excluding carboxylic acids is 2. The summed E-state index contributed by atoms with van der Waals surface area (Å²) in [6.07, 6.45) is 6.03. The van der Waals surface area contributed by atoms with E-state index in [0.717, 1.165) is 0 Å². The molecule has 0 saturated carbocycles. The summed E-state index contributed by atoms with van der Waals surface area (Å²) in [5, 5.41) is 5.31. The summed E-state index contributed by atoms with van der Waals surface area (Å²) in [6.45, 7) is 5.93. The summed E-state index contributed by atoms with van der Waals surface area (Å²) >= 11 is 0. The number of rotatable bonds is 5. The van der Waals surface area contributed by atoms with Gasteiger partial charge >= 0.3 is 6.09 Å². The van der Waals surface area contributed by atoms with Crippen molar-refractivity contribution in [2.24, 2.45) is 0 Å². The number of ether oxygens (including phenoxy) is 1. The molecule has 0 atom stereocenters. The van der Waals surface area contributed by atoms with E-state index in [-0.39, 0.29) is 12.5 Å². The molecule has 0 bridgehead atoms. The van der Waals surface area contributed by atoms with Crippen LogP contribution >= 0.6 is 0 Å². The van der Waals surface area contributed by atoms with Crippen LogP contribution in [0.25, 0.3) is 5.82 Å². The highest BCUT2D eigenvalue weighted by atomic mass is 16.6. The molecule has 0 spiro atoms. The van der Waals surface area contributed by atoms with Crippen LogP contribution in [0.2, 0.25) is 0 Å². The second-order valence-electron chi connectivity index (χ2n) is 6.06. The maximum Gasteiger partial charge on any atom is 0.407 e. The van der Waals surface area contributed by atoms with Crippen LogP contribution in [0.3, 0.4) is 0 Å². The van der Waals surface area contributed by atoms with Crippen molar-refractivity contribution >= 4 is 12.0 Å². The Kier molecular flexibility index (Phi) is 5.51. The van der Waals surface area contributed by atoms with Crippen LogP contribution in [-0.4, -0.2) is 45.2 Å². The van der Waals surface area contributed by atoms with Crippen molar-refractivity contribution in [3.8, 4) is 5.82 Å². The van der Waals surface area contributed by atoms with Gasteiger partial charge in [0, 0.05) is 37.2 Å². The van der Waals surface area contributed by atoms with Gasteiger partial charge in [0.1, 0.15) is 17.7 Å². The highest BCUT2D eigenvalue weighted by molar-refractivity contribution is 5.94. The van der Waals surface area contributed by atoms with E-state index in [1.807, 2.05) is 0 Å². The summed E-state index contributed by atoms with van der Waals surface area (Å²) < 4.78 is 6.82. The smallest absolute Gasteiger partial charge is 0.407 e. The topological polar surface area (TPSA) is 98.1 Å². The number of hydrogen-bond acceptors (Lipinski definition) is 5.